The summed E-state index contributed by atoms with van der Waals surface area (Å²) in [6, 6.07) is 14.1. The fraction of sp³-hybridized carbons (Fsp3) is 0.211. The van der Waals surface area contributed by atoms with Crippen LogP contribution in [0.1, 0.15) is 21.4 Å². The van der Waals surface area contributed by atoms with Gasteiger partial charge in [-0.3, -0.25) is 4.79 Å². The smallest absolute Gasteiger partial charge is 0.245 e. The zero-order chi connectivity index (χ0) is 17.5. The maximum Gasteiger partial charge on any atom is 0.245 e. The second kappa shape index (κ2) is 6.34. The first-order valence-electron chi connectivity index (χ1n) is 8.48. The number of nitrogens with zero attached hydrogens (tertiary/aromatic N) is 4. The van der Waals surface area contributed by atoms with Gasteiger partial charge in [-0.05, 0) is 47.0 Å². The Morgan fingerprint density at radius 3 is 2.92 bits per heavy atom. The van der Waals surface area contributed by atoms with Crippen LogP contribution in [0.25, 0.3) is 11.0 Å². The van der Waals surface area contributed by atoms with Crippen molar-refractivity contribution in [2.75, 3.05) is 6.54 Å². The van der Waals surface area contributed by atoms with Crippen LogP contribution in [-0.4, -0.2) is 32.3 Å². The van der Waals surface area contributed by atoms with Crippen molar-refractivity contribution in [3.8, 4) is 0 Å². The molecule has 4 aromatic rings. The van der Waals surface area contributed by atoms with E-state index in [1.165, 1.54) is 15.3 Å². The summed E-state index contributed by atoms with van der Waals surface area (Å²) in [5.74, 6) is 0.0795. The minimum Gasteiger partial charge on any atom is -0.329 e. The zero-order valence-corrected chi connectivity index (χ0v) is 15.5. The van der Waals surface area contributed by atoms with Crippen molar-refractivity contribution in [1.29, 1.82) is 0 Å². The quantitative estimate of drug-likeness (QED) is 0.544. The average Bonchev–Trinajstić information content (AvgIpc) is 3.41. The van der Waals surface area contributed by atoms with Crippen LogP contribution in [0.15, 0.2) is 53.2 Å². The van der Waals surface area contributed by atoms with Crippen LogP contribution in [0.3, 0.4) is 0 Å². The molecule has 0 spiro atoms. The molecular formula is C19H16N4OS2. The molecule has 1 unspecified atom stereocenters. The molecule has 0 aliphatic carbocycles. The van der Waals surface area contributed by atoms with Crippen LogP contribution in [0.2, 0.25) is 0 Å². The maximum atomic E-state index is 13.2. The summed E-state index contributed by atoms with van der Waals surface area (Å²) < 4.78 is 1.70. The second-order valence-corrected chi connectivity index (χ2v) is 8.27. The highest BCUT2D eigenvalue weighted by molar-refractivity contribution is 7.10. The molecule has 4 heterocycles. The van der Waals surface area contributed by atoms with E-state index >= 15 is 0 Å². The molecule has 130 valence electrons. The molecule has 0 N–H and O–H groups in total. The highest BCUT2D eigenvalue weighted by atomic mass is 32.1. The van der Waals surface area contributed by atoms with Gasteiger partial charge in [0.25, 0.3) is 0 Å². The molecule has 0 fully saturated rings. The molecule has 1 aliphatic heterocycles. The molecule has 0 saturated carbocycles. The standard InChI is InChI=1S/C19H16N4OS2/c24-18(12-23-15-5-2-1-4-14(15)20-21-23)22-9-7-16-13(8-11-26-16)19(22)17-6-3-10-25-17/h1-6,8,10-11,19H,7,9,12H2. The predicted octanol–water partition coefficient (Wildman–Crippen LogP) is 3.73. The number of benzene rings is 1. The van der Waals surface area contributed by atoms with Crippen molar-refractivity contribution in [3.05, 3.63) is 68.5 Å². The number of amides is 1. The van der Waals surface area contributed by atoms with E-state index < -0.39 is 0 Å². The number of thiophene rings is 2. The van der Waals surface area contributed by atoms with Crippen LogP contribution < -0.4 is 0 Å². The molecule has 5 rings (SSSR count). The summed E-state index contributed by atoms with van der Waals surface area (Å²) >= 11 is 3.49. The summed E-state index contributed by atoms with van der Waals surface area (Å²) in [6.07, 6.45) is 0.915. The lowest BCUT2D eigenvalue weighted by Gasteiger charge is -2.35. The highest BCUT2D eigenvalue weighted by Gasteiger charge is 2.33. The van der Waals surface area contributed by atoms with Gasteiger partial charge in [-0.25, -0.2) is 4.68 Å². The molecule has 5 nitrogen and oxygen atoms in total. The molecule has 26 heavy (non-hydrogen) atoms. The van der Waals surface area contributed by atoms with Gasteiger partial charge >= 0.3 is 0 Å². The summed E-state index contributed by atoms with van der Waals surface area (Å²) in [5.41, 5.74) is 2.97. The lowest BCUT2D eigenvalue weighted by molar-refractivity contribution is -0.134. The molecule has 7 heteroatoms. The van der Waals surface area contributed by atoms with Gasteiger partial charge in [0.2, 0.25) is 5.91 Å². The van der Waals surface area contributed by atoms with Crippen LogP contribution in [0, 0.1) is 0 Å². The lowest BCUT2D eigenvalue weighted by atomic mass is 9.98. The summed E-state index contributed by atoms with van der Waals surface area (Å²) in [4.78, 5) is 17.8. The number of hydrogen-bond acceptors (Lipinski definition) is 5. The number of aromatic nitrogens is 3. The van der Waals surface area contributed by atoms with Gasteiger partial charge in [0.05, 0.1) is 11.6 Å². The van der Waals surface area contributed by atoms with E-state index in [1.807, 2.05) is 35.2 Å². The first-order chi connectivity index (χ1) is 12.8. The van der Waals surface area contributed by atoms with Crippen LogP contribution in [0.4, 0.5) is 0 Å². The van der Waals surface area contributed by atoms with Gasteiger partial charge < -0.3 is 4.90 Å². The Morgan fingerprint density at radius 1 is 1.12 bits per heavy atom. The molecule has 1 aliphatic rings. The van der Waals surface area contributed by atoms with Gasteiger partial charge in [0.15, 0.2) is 0 Å². The molecule has 1 aromatic carbocycles. The first kappa shape index (κ1) is 15.7. The molecule has 1 atom stereocenters. The van der Waals surface area contributed by atoms with E-state index in [2.05, 4.69) is 33.2 Å². The topological polar surface area (TPSA) is 51.0 Å². The third-order valence-corrected chi connectivity index (χ3v) is 6.73. The van der Waals surface area contributed by atoms with Crippen LogP contribution >= 0.6 is 22.7 Å². The number of hydrogen-bond donors (Lipinski definition) is 0. The minimum atomic E-state index is 0.00675. The van der Waals surface area contributed by atoms with Crippen LogP contribution in [-0.2, 0) is 17.8 Å². The summed E-state index contributed by atoms with van der Waals surface area (Å²) in [5, 5.41) is 12.5. The van der Waals surface area contributed by atoms with Gasteiger partial charge in [0, 0.05) is 16.3 Å². The third-order valence-electron chi connectivity index (χ3n) is 4.80. The van der Waals surface area contributed by atoms with E-state index in [0.29, 0.717) is 0 Å². The van der Waals surface area contributed by atoms with Crippen molar-refractivity contribution in [2.24, 2.45) is 0 Å². The Morgan fingerprint density at radius 2 is 2.04 bits per heavy atom. The van der Waals surface area contributed by atoms with Gasteiger partial charge in [-0.1, -0.05) is 23.4 Å². The van der Waals surface area contributed by atoms with E-state index in [9.17, 15) is 4.79 Å². The predicted molar refractivity (Wildman–Crippen MR) is 103 cm³/mol. The van der Waals surface area contributed by atoms with Gasteiger partial charge in [0.1, 0.15) is 12.1 Å². The van der Waals surface area contributed by atoms with Crippen molar-refractivity contribution < 1.29 is 4.79 Å². The Hall–Kier alpha value is -2.51. The normalized spacial score (nSPS) is 16.8. The third kappa shape index (κ3) is 2.55. The molecule has 1 amide bonds. The Bertz CT molecular complexity index is 1070. The van der Waals surface area contributed by atoms with E-state index in [4.69, 9.17) is 0 Å². The van der Waals surface area contributed by atoms with Crippen molar-refractivity contribution in [1.82, 2.24) is 19.9 Å². The number of carbonyl (C=O) groups is 1. The van der Waals surface area contributed by atoms with Crippen LogP contribution in [0.5, 0.6) is 0 Å². The zero-order valence-electron chi connectivity index (χ0n) is 13.9. The Labute approximate surface area is 158 Å². The number of carbonyl (C=O) groups excluding carboxylic acids is 1. The molecular weight excluding hydrogens is 364 g/mol. The molecule has 0 radical (unpaired) electrons. The van der Waals surface area contributed by atoms with Crippen molar-refractivity contribution in [3.63, 3.8) is 0 Å². The number of para-hydroxylation sites is 1. The summed E-state index contributed by atoms with van der Waals surface area (Å²) in [6.45, 7) is 0.948. The fourth-order valence-electron chi connectivity index (χ4n) is 3.59. The largest absolute Gasteiger partial charge is 0.329 e. The van der Waals surface area contributed by atoms with Gasteiger partial charge in [-0.2, -0.15) is 0 Å². The monoisotopic (exact) mass is 380 g/mol. The SMILES string of the molecule is O=C(Cn1nnc2ccccc21)N1CCc2sccc2C1c1cccs1. The lowest BCUT2D eigenvalue weighted by Crippen LogP contribution is -2.41. The second-order valence-electron chi connectivity index (χ2n) is 6.29. The molecule has 3 aromatic heterocycles. The number of rotatable bonds is 3. The van der Waals surface area contributed by atoms with Gasteiger partial charge in [-0.15, -0.1) is 27.8 Å². The fourth-order valence-corrected chi connectivity index (χ4v) is 5.35. The van der Waals surface area contributed by atoms with E-state index in [0.717, 1.165) is 24.0 Å². The highest BCUT2D eigenvalue weighted by Crippen LogP contribution is 2.39. The first-order valence-corrected chi connectivity index (χ1v) is 10.2. The Kier molecular flexibility index (Phi) is 3.83. The van der Waals surface area contributed by atoms with E-state index in [1.54, 1.807) is 27.4 Å². The summed E-state index contributed by atoms with van der Waals surface area (Å²) in [7, 11) is 0. The number of fused-ring (bicyclic) bond motifs is 2. The molecule has 0 bridgehead atoms. The van der Waals surface area contributed by atoms with Crippen molar-refractivity contribution >= 4 is 39.6 Å². The Balaban J connectivity index is 1.49. The van der Waals surface area contributed by atoms with Crippen molar-refractivity contribution in [2.45, 2.75) is 19.0 Å². The molecule has 0 saturated heterocycles. The maximum absolute atomic E-state index is 13.2. The minimum absolute atomic E-state index is 0.00675. The van der Waals surface area contributed by atoms with E-state index in [-0.39, 0.29) is 18.5 Å². The average molecular weight is 380 g/mol.